The molecule has 7 heteroatoms. The third-order valence-corrected chi connectivity index (χ3v) is 3.29. The Balaban J connectivity index is 6.17. The summed E-state index contributed by atoms with van der Waals surface area (Å²) in [6, 6.07) is -1.27. The summed E-state index contributed by atoms with van der Waals surface area (Å²) in [6.45, 7) is 10.9. The summed E-state index contributed by atoms with van der Waals surface area (Å²) in [5, 5.41) is 0. The summed E-state index contributed by atoms with van der Waals surface area (Å²) in [4.78, 5) is 38.2. The van der Waals surface area contributed by atoms with Gasteiger partial charge in [0.05, 0.1) is 0 Å². The van der Waals surface area contributed by atoms with Crippen LogP contribution in [0.15, 0.2) is 38.0 Å². The van der Waals surface area contributed by atoms with Gasteiger partial charge in [-0.1, -0.05) is 19.7 Å². The van der Waals surface area contributed by atoms with Crippen LogP contribution in [0.3, 0.4) is 0 Å². The first-order valence-corrected chi connectivity index (χ1v) is 6.78. The molecule has 0 aliphatic carbocycles. The molecule has 1 atom stereocenters. The zero-order valence-corrected chi connectivity index (χ0v) is 12.7. The second kappa shape index (κ2) is 9.16. The van der Waals surface area contributed by atoms with Crippen molar-refractivity contribution in [2.45, 2.75) is 11.6 Å². The monoisotopic (exact) mass is 308 g/mol. The highest BCUT2D eigenvalue weighted by atomic mass is 16.2. The maximum Gasteiger partial charge on any atom is 0.184 e. The Kier molecular flexibility index (Phi) is 8.36. The quantitative estimate of drug-likeness (QED) is 0.296. The van der Waals surface area contributed by atoms with Gasteiger partial charge in [-0.25, -0.2) is 0 Å². The molecule has 0 aromatic rings. The van der Waals surface area contributed by atoms with Crippen molar-refractivity contribution in [2.75, 3.05) is 26.2 Å². The van der Waals surface area contributed by atoms with Crippen LogP contribution in [0.1, 0.15) is 0 Å². The second-order valence-electron chi connectivity index (χ2n) is 4.63. The van der Waals surface area contributed by atoms with Gasteiger partial charge in [0.25, 0.3) is 0 Å². The van der Waals surface area contributed by atoms with Gasteiger partial charge in [-0.15, -0.1) is 0 Å². The third kappa shape index (κ3) is 4.05. The van der Waals surface area contributed by atoms with Crippen LogP contribution >= 0.6 is 0 Å². The molecule has 0 radical (unpaired) electrons. The van der Waals surface area contributed by atoms with Crippen molar-refractivity contribution < 1.29 is 14.4 Å². The van der Waals surface area contributed by atoms with Gasteiger partial charge in [0, 0.05) is 26.2 Å². The summed E-state index contributed by atoms with van der Waals surface area (Å²) >= 11 is 0. The minimum Gasteiger partial charge on any atom is -0.329 e. The minimum atomic E-state index is -2.14. The molecule has 6 N–H and O–H groups in total. The maximum atomic E-state index is 12.3. The number of carbonyl (C=O) groups excluding carboxylic acids is 3. The van der Waals surface area contributed by atoms with Crippen LogP contribution in [0.25, 0.3) is 0 Å². The molecule has 0 saturated heterocycles. The highest BCUT2D eigenvalue weighted by Crippen LogP contribution is 2.20. The van der Waals surface area contributed by atoms with Crippen LogP contribution in [0.4, 0.5) is 0 Å². The highest BCUT2D eigenvalue weighted by molar-refractivity contribution is 6.23. The molecule has 0 bridgehead atoms. The van der Waals surface area contributed by atoms with Gasteiger partial charge in [0.2, 0.25) is 0 Å². The molecule has 0 aliphatic heterocycles. The van der Waals surface area contributed by atoms with Crippen molar-refractivity contribution >= 4 is 17.3 Å². The van der Waals surface area contributed by atoms with Gasteiger partial charge in [-0.3, -0.25) is 19.3 Å². The Labute approximate surface area is 130 Å². The first-order valence-electron chi connectivity index (χ1n) is 6.78. The molecular formula is C15H24N4O3. The van der Waals surface area contributed by atoms with Gasteiger partial charge in [0.15, 0.2) is 22.9 Å². The molecular weight excluding hydrogens is 284 g/mol. The van der Waals surface area contributed by atoms with Gasteiger partial charge >= 0.3 is 0 Å². The number of rotatable bonds is 12. The van der Waals surface area contributed by atoms with Crippen LogP contribution in [0.5, 0.6) is 0 Å². The lowest BCUT2D eigenvalue weighted by Gasteiger charge is -2.39. The highest BCUT2D eigenvalue weighted by Gasteiger charge is 2.51. The Bertz CT molecular complexity index is 447. The van der Waals surface area contributed by atoms with Crippen LogP contribution in [-0.4, -0.2) is 60.0 Å². The Morgan fingerprint density at radius 1 is 0.955 bits per heavy atom. The molecule has 0 fully saturated rings. The lowest BCUT2D eigenvalue weighted by Crippen LogP contribution is -2.70. The topological polar surface area (TPSA) is 133 Å². The summed E-state index contributed by atoms with van der Waals surface area (Å²) < 4.78 is 0. The van der Waals surface area contributed by atoms with E-state index in [9.17, 15) is 14.4 Å². The van der Waals surface area contributed by atoms with E-state index in [1.165, 1.54) is 4.90 Å². The second-order valence-corrected chi connectivity index (χ2v) is 4.63. The fourth-order valence-electron chi connectivity index (χ4n) is 2.23. The lowest BCUT2D eigenvalue weighted by atomic mass is 9.79. The van der Waals surface area contributed by atoms with Crippen LogP contribution < -0.4 is 17.2 Å². The summed E-state index contributed by atoms with van der Waals surface area (Å²) in [6.07, 6.45) is 2.83. The molecule has 0 rings (SSSR count). The molecule has 0 aromatic heterocycles. The first-order chi connectivity index (χ1) is 10.3. The fraction of sp³-hybridized carbons (Fsp3) is 0.400. The first kappa shape index (κ1) is 20.1. The van der Waals surface area contributed by atoms with Crippen molar-refractivity contribution in [3.8, 4) is 0 Å². The largest absolute Gasteiger partial charge is 0.329 e. The van der Waals surface area contributed by atoms with E-state index in [1.807, 2.05) is 0 Å². The fourth-order valence-corrected chi connectivity index (χ4v) is 2.23. The average molecular weight is 308 g/mol. The smallest absolute Gasteiger partial charge is 0.184 e. The normalized spacial score (nSPS) is 12.5. The Morgan fingerprint density at radius 3 is 1.64 bits per heavy atom. The zero-order valence-electron chi connectivity index (χ0n) is 12.7. The molecule has 0 saturated carbocycles. The zero-order chi connectivity index (χ0) is 17.3. The van der Waals surface area contributed by atoms with Crippen molar-refractivity contribution in [2.24, 2.45) is 17.2 Å². The standard InChI is InChI=1S/C15H24N4O3/c1-4-11(20)14(19(9-7-16)10-8-17)15(18,12(21)5-2)13(22)6-3/h4-6,14H,1-3,7-10,16-18H2. The molecule has 1 unspecified atom stereocenters. The average Bonchev–Trinajstić information content (AvgIpc) is 2.53. The van der Waals surface area contributed by atoms with Crippen molar-refractivity contribution in [1.29, 1.82) is 0 Å². The predicted molar refractivity (Wildman–Crippen MR) is 86.0 cm³/mol. The van der Waals surface area contributed by atoms with Crippen molar-refractivity contribution in [1.82, 2.24) is 4.90 Å². The number of ketones is 3. The molecule has 0 aliphatic rings. The molecule has 0 heterocycles. The van der Waals surface area contributed by atoms with Crippen LogP contribution in [0.2, 0.25) is 0 Å². The van der Waals surface area contributed by atoms with E-state index in [2.05, 4.69) is 19.7 Å². The molecule has 0 aromatic carbocycles. The van der Waals surface area contributed by atoms with Gasteiger partial charge in [0.1, 0.15) is 6.04 Å². The number of carbonyl (C=O) groups is 3. The molecule has 0 spiro atoms. The van der Waals surface area contributed by atoms with Crippen molar-refractivity contribution in [3.05, 3.63) is 38.0 Å². The maximum absolute atomic E-state index is 12.3. The summed E-state index contributed by atoms with van der Waals surface area (Å²) in [5.74, 6) is -2.14. The SMILES string of the molecule is C=CC(=O)C(N(CCN)CCN)C(N)(C(=O)C=C)C(=O)C=C. The Morgan fingerprint density at radius 2 is 1.36 bits per heavy atom. The van der Waals surface area contributed by atoms with E-state index in [0.717, 1.165) is 18.2 Å². The van der Waals surface area contributed by atoms with E-state index < -0.39 is 28.9 Å². The molecule has 0 amide bonds. The number of hydrogen-bond donors (Lipinski definition) is 3. The number of hydrogen-bond acceptors (Lipinski definition) is 7. The van der Waals surface area contributed by atoms with E-state index in [0.29, 0.717) is 0 Å². The van der Waals surface area contributed by atoms with Crippen LogP contribution in [-0.2, 0) is 14.4 Å². The van der Waals surface area contributed by atoms with E-state index >= 15 is 0 Å². The van der Waals surface area contributed by atoms with Crippen molar-refractivity contribution in [3.63, 3.8) is 0 Å². The molecule has 122 valence electrons. The third-order valence-electron chi connectivity index (χ3n) is 3.29. The predicted octanol–water partition coefficient (Wildman–Crippen LogP) is -1.46. The van der Waals surface area contributed by atoms with E-state index in [4.69, 9.17) is 17.2 Å². The molecule has 22 heavy (non-hydrogen) atoms. The number of nitrogens with zero attached hydrogens (tertiary/aromatic N) is 1. The summed E-state index contributed by atoms with van der Waals surface area (Å²) in [7, 11) is 0. The Hall–Kier alpha value is -1.93. The van der Waals surface area contributed by atoms with Gasteiger partial charge in [-0.05, 0) is 18.2 Å². The number of nitrogens with two attached hydrogens (primary N) is 3. The van der Waals surface area contributed by atoms with E-state index in [-0.39, 0.29) is 26.2 Å². The minimum absolute atomic E-state index is 0.196. The summed E-state index contributed by atoms with van der Waals surface area (Å²) in [5.41, 5.74) is 15.0. The van der Waals surface area contributed by atoms with Gasteiger partial charge in [-0.2, -0.15) is 0 Å². The van der Waals surface area contributed by atoms with Gasteiger partial charge < -0.3 is 17.2 Å². The van der Waals surface area contributed by atoms with Crippen LogP contribution in [0, 0.1) is 0 Å². The lowest BCUT2D eigenvalue weighted by molar-refractivity contribution is -0.138. The molecule has 7 nitrogen and oxygen atoms in total. The van der Waals surface area contributed by atoms with E-state index in [1.54, 1.807) is 0 Å².